The van der Waals surface area contributed by atoms with Crippen molar-refractivity contribution in [2.24, 2.45) is 5.92 Å². The van der Waals surface area contributed by atoms with E-state index in [1.165, 1.54) is 25.7 Å². The molecule has 2 aromatic rings. The first kappa shape index (κ1) is 26.8. The molecular weight excluding hydrogens is 504 g/mol. The number of para-hydroxylation sites is 1. The molecule has 1 saturated heterocycles. The molecule has 3 aliphatic rings. The van der Waals surface area contributed by atoms with Crippen LogP contribution in [-0.2, 0) is 14.8 Å². The molecule has 1 saturated carbocycles. The number of amides is 1. The van der Waals surface area contributed by atoms with Crippen molar-refractivity contribution >= 4 is 27.0 Å². The number of carbonyl (C=O) groups is 1. The summed E-state index contributed by atoms with van der Waals surface area (Å²) in [6, 6.07) is 8.28. The second kappa shape index (κ2) is 11.9. The third-order valence-electron chi connectivity index (χ3n) is 7.76. The smallest absolute Gasteiger partial charge is 0.409 e. The second-order valence-corrected chi connectivity index (χ2v) is 12.0. The first-order chi connectivity index (χ1) is 18.4. The molecule has 38 heavy (non-hydrogen) atoms. The topological polar surface area (TPSA) is 112 Å². The number of aromatic nitrogens is 1. The van der Waals surface area contributed by atoms with E-state index in [2.05, 4.69) is 9.71 Å². The Morgan fingerprint density at radius 3 is 2.63 bits per heavy atom. The number of aliphatic hydroxyl groups is 1. The number of nitrogens with zero attached hydrogens (tertiary/aromatic N) is 3. The molecule has 1 aromatic heterocycles. The van der Waals surface area contributed by atoms with Gasteiger partial charge in [-0.25, -0.2) is 17.9 Å². The van der Waals surface area contributed by atoms with Crippen molar-refractivity contribution in [1.29, 1.82) is 0 Å². The van der Waals surface area contributed by atoms with Crippen molar-refractivity contribution in [1.82, 2.24) is 19.5 Å². The van der Waals surface area contributed by atoms with Crippen LogP contribution < -0.4 is 4.72 Å². The van der Waals surface area contributed by atoms with Crippen LogP contribution in [0.4, 0.5) is 4.79 Å². The van der Waals surface area contributed by atoms with Crippen molar-refractivity contribution in [2.45, 2.75) is 55.7 Å². The zero-order chi connectivity index (χ0) is 26.5. The van der Waals surface area contributed by atoms with Gasteiger partial charge in [-0.1, -0.05) is 62.1 Å². The van der Waals surface area contributed by atoms with E-state index in [0.717, 1.165) is 17.4 Å². The van der Waals surface area contributed by atoms with Gasteiger partial charge in [-0.05, 0) is 36.5 Å². The molecule has 10 heteroatoms. The Labute approximate surface area is 224 Å². The Kier molecular flexibility index (Phi) is 8.42. The molecule has 2 atom stereocenters. The molecule has 1 aromatic carbocycles. The zero-order valence-electron chi connectivity index (χ0n) is 21.5. The Morgan fingerprint density at radius 2 is 1.89 bits per heavy atom. The quantitative estimate of drug-likeness (QED) is 0.528. The van der Waals surface area contributed by atoms with Crippen LogP contribution in [0.25, 0.3) is 10.9 Å². The fraction of sp³-hybridized carbons (Fsp3) is 0.500. The molecule has 1 amide bonds. The van der Waals surface area contributed by atoms with Crippen molar-refractivity contribution in [3.63, 3.8) is 0 Å². The Balaban J connectivity index is 1.10. The van der Waals surface area contributed by atoms with E-state index in [-0.39, 0.29) is 11.0 Å². The number of piperazine rings is 1. The minimum absolute atomic E-state index is 0.147. The van der Waals surface area contributed by atoms with Gasteiger partial charge in [0.15, 0.2) is 0 Å². The van der Waals surface area contributed by atoms with Crippen molar-refractivity contribution in [2.75, 3.05) is 32.8 Å². The maximum Gasteiger partial charge on any atom is 0.409 e. The lowest BCUT2D eigenvalue weighted by atomic mass is 10.0. The molecule has 2 unspecified atom stereocenters. The molecule has 1 aliphatic heterocycles. The molecule has 0 spiro atoms. The van der Waals surface area contributed by atoms with Gasteiger partial charge < -0.3 is 14.7 Å². The van der Waals surface area contributed by atoms with Crippen LogP contribution in [0.5, 0.6) is 0 Å². The summed E-state index contributed by atoms with van der Waals surface area (Å²) in [4.78, 5) is 20.4. The van der Waals surface area contributed by atoms with Gasteiger partial charge >= 0.3 is 6.09 Å². The second-order valence-electron chi connectivity index (χ2n) is 10.3. The van der Waals surface area contributed by atoms with Gasteiger partial charge in [-0.2, -0.15) is 0 Å². The molecule has 2 aliphatic carbocycles. The number of ether oxygens (including phenoxy) is 1. The standard InChI is InChI=1S/C28H36N4O5S/c33-27(31-16-18-32(19-17-31)28(34)37-20-14-21-5-1-2-6-21)23-10-12-24(13-11-23)30-38(35,36)25-9-3-7-22-8-4-15-29-26(22)25/h3-4,7-12,15,21,24,27,30,33H,1-2,5-6,13-14,16-20H2. The van der Waals surface area contributed by atoms with Crippen LogP contribution in [0.15, 0.2) is 65.2 Å². The van der Waals surface area contributed by atoms with Gasteiger partial charge in [-0.15, -0.1) is 0 Å². The van der Waals surface area contributed by atoms with E-state index in [1.807, 2.05) is 23.1 Å². The van der Waals surface area contributed by atoms with E-state index in [1.54, 1.807) is 41.4 Å². The number of nitrogens with one attached hydrogen (secondary N) is 1. The fourth-order valence-electron chi connectivity index (χ4n) is 5.53. The normalized spacial score (nSPS) is 22.0. The van der Waals surface area contributed by atoms with Crippen molar-refractivity contribution < 1.29 is 23.1 Å². The Bertz CT molecular complexity index is 1290. The van der Waals surface area contributed by atoms with Gasteiger partial charge in [-0.3, -0.25) is 9.88 Å². The lowest BCUT2D eigenvalue weighted by Crippen LogP contribution is -2.52. The Hall–Kier alpha value is -2.79. The summed E-state index contributed by atoms with van der Waals surface area (Å²) in [6.45, 7) is 2.55. The number of pyridine rings is 1. The zero-order valence-corrected chi connectivity index (χ0v) is 22.4. The highest BCUT2D eigenvalue weighted by molar-refractivity contribution is 7.89. The van der Waals surface area contributed by atoms with E-state index in [0.29, 0.717) is 50.6 Å². The third kappa shape index (κ3) is 6.26. The Morgan fingerprint density at radius 1 is 1.13 bits per heavy atom. The highest BCUT2D eigenvalue weighted by Crippen LogP contribution is 2.27. The van der Waals surface area contributed by atoms with E-state index < -0.39 is 22.3 Å². The van der Waals surface area contributed by atoms with Crippen LogP contribution in [-0.4, -0.2) is 79.5 Å². The molecule has 2 fully saturated rings. The predicted molar refractivity (Wildman–Crippen MR) is 145 cm³/mol. The van der Waals surface area contributed by atoms with Crippen LogP contribution in [0, 0.1) is 5.92 Å². The van der Waals surface area contributed by atoms with Crippen LogP contribution in [0.1, 0.15) is 38.5 Å². The monoisotopic (exact) mass is 540 g/mol. The summed E-state index contributed by atoms with van der Waals surface area (Å²) in [5, 5.41) is 11.7. The van der Waals surface area contributed by atoms with E-state index in [4.69, 9.17) is 4.74 Å². The summed E-state index contributed by atoms with van der Waals surface area (Å²) in [5.41, 5.74) is 1.16. The minimum atomic E-state index is -3.79. The van der Waals surface area contributed by atoms with Crippen LogP contribution >= 0.6 is 0 Å². The van der Waals surface area contributed by atoms with Crippen LogP contribution in [0.2, 0.25) is 0 Å². The highest BCUT2D eigenvalue weighted by Gasteiger charge is 2.29. The number of fused-ring (bicyclic) bond motifs is 1. The van der Waals surface area contributed by atoms with E-state index >= 15 is 0 Å². The molecular formula is C28H36N4O5S. The number of benzene rings is 1. The fourth-order valence-corrected chi connectivity index (χ4v) is 6.92. The predicted octanol–water partition coefficient (Wildman–Crippen LogP) is 3.42. The summed E-state index contributed by atoms with van der Waals surface area (Å²) in [7, 11) is -3.79. The summed E-state index contributed by atoms with van der Waals surface area (Å²) < 4.78 is 34.4. The molecule has 0 bridgehead atoms. The number of sulfonamides is 1. The van der Waals surface area contributed by atoms with Gasteiger partial charge in [0.05, 0.1) is 12.1 Å². The summed E-state index contributed by atoms with van der Waals surface area (Å²) in [5.74, 6) is 0.691. The number of rotatable bonds is 8. The van der Waals surface area contributed by atoms with Gasteiger partial charge in [0.25, 0.3) is 0 Å². The van der Waals surface area contributed by atoms with Crippen LogP contribution in [0.3, 0.4) is 0 Å². The summed E-state index contributed by atoms with van der Waals surface area (Å²) >= 11 is 0. The van der Waals surface area contributed by atoms with Gasteiger partial charge in [0.2, 0.25) is 10.0 Å². The molecule has 204 valence electrons. The van der Waals surface area contributed by atoms with Crippen molar-refractivity contribution in [3.05, 3.63) is 60.3 Å². The maximum absolute atomic E-state index is 13.1. The van der Waals surface area contributed by atoms with Gasteiger partial charge in [0, 0.05) is 43.8 Å². The maximum atomic E-state index is 13.1. The number of aliphatic hydroxyl groups excluding tert-OH is 1. The molecule has 9 nitrogen and oxygen atoms in total. The first-order valence-electron chi connectivity index (χ1n) is 13.5. The average Bonchev–Trinajstić information content (AvgIpc) is 3.46. The van der Waals surface area contributed by atoms with Crippen molar-refractivity contribution in [3.8, 4) is 0 Å². The van der Waals surface area contributed by atoms with Gasteiger partial charge in [0.1, 0.15) is 11.1 Å². The largest absolute Gasteiger partial charge is 0.449 e. The first-order valence-corrected chi connectivity index (χ1v) is 15.0. The molecule has 5 rings (SSSR count). The lowest BCUT2D eigenvalue weighted by Gasteiger charge is -2.37. The third-order valence-corrected chi connectivity index (χ3v) is 9.28. The molecule has 2 N–H and O–H groups in total. The highest BCUT2D eigenvalue weighted by atomic mass is 32.2. The average molecular weight is 541 g/mol. The number of carbonyl (C=O) groups excluding carboxylic acids is 1. The molecule has 2 heterocycles. The number of hydrogen-bond donors (Lipinski definition) is 2. The number of hydrogen-bond acceptors (Lipinski definition) is 7. The molecule has 0 radical (unpaired) electrons. The summed E-state index contributed by atoms with van der Waals surface area (Å²) in [6.07, 6.45) is 12.3. The SMILES string of the molecule is O=C(OCCC1CCCC1)N1CCN(C(O)C2=CCC(NS(=O)(=O)c3cccc4cccnc34)C=C2)CC1. The lowest BCUT2D eigenvalue weighted by molar-refractivity contribution is -0.00180. The van der Waals surface area contributed by atoms with E-state index in [9.17, 15) is 18.3 Å². The minimum Gasteiger partial charge on any atom is -0.449 e.